The third-order valence-electron chi connectivity index (χ3n) is 16.8. The van der Waals surface area contributed by atoms with E-state index in [0.29, 0.717) is 216 Å². The molecule has 0 aliphatic carbocycles. The van der Waals surface area contributed by atoms with E-state index in [4.69, 9.17) is 66.3 Å². The van der Waals surface area contributed by atoms with E-state index in [1.807, 2.05) is 0 Å². The molecule has 3 fully saturated rings. The lowest BCUT2D eigenvalue weighted by Crippen LogP contribution is -2.47. The van der Waals surface area contributed by atoms with E-state index in [-0.39, 0.29) is 150 Å². The molecule has 0 aromatic heterocycles. The van der Waals surface area contributed by atoms with Gasteiger partial charge in [0, 0.05) is 121 Å². The highest BCUT2D eigenvalue weighted by Gasteiger charge is 2.39. The summed E-state index contributed by atoms with van der Waals surface area (Å²) in [6.45, 7) is 15.5. The Morgan fingerprint density at radius 2 is 0.694 bits per heavy atom. The van der Waals surface area contributed by atoms with Crippen molar-refractivity contribution in [1.82, 2.24) is 46.6 Å². The molecule has 5 atom stereocenters. The fraction of sp³-hybridized carbons (Fsp3) is 0.831. The Morgan fingerprint density at radius 1 is 0.370 bits per heavy atom. The molecule has 0 bridgehead atoms. The van der Waals surface area contributed by atoms with E-state index in [1.54, 1.807) is 13.8 Å². The Labute approximate surface area is 641 Å². The van der Waals surface area contributed by atoms with Crippen LogP contribution in [0.3, 0.4) is 0 Å². The van der Waals surface area contributed by atoms with E-state index in [1.165, 1.54) is 11.8 Å². The molecule has 0 aromatic carbocycles. The van der Waals surface area contributed by atoms with E-state index in [9.17, 15) is 57.5 Å². The molecule has 0 aromatic rings. The van der Waals surface area contributed by atoms with Gasteiger partial charge in [0.25, 0.3) is 0 Å². The molecule has 0 saturated carbocycles. The Balaban J connectivity index is 1.03. The van der Waals surface area contributed by atoms with Gasteiger partial charge in [0.1, 0.15) is 6.04 Å². The number of hydrogen-bond acceptors (Lipinski definition) is 27. The molecule has 0 spiro atoms. The third-order valence-corrected chi connectivity index (χ3v) is 18.3. The van der Waals surface area contributed by atoms with Crippen molar-refractivity contribution in [1.29, 1.82) is 0 Å². The van der Waals surface area contributed by atoms with Crippen LogP contribution in [0.4, 0.5) is 0 Å². The molecule has 35 nitrogen and oxygen atoms in total. The predicted octanol–water partition coefficient (Wildman–Crippen LogP) is 0.661. The summed E-state index contributed by atoms with van der Waals surface area (Å²) in [5.74, 6) is -4.30. The Kier molecular flexibility index (Phi) is 58.2. The van der Waals surface area contributed by atoms with E-state index < -0.39 is 44.0 Å². The molecule has 3 aliphatic heterocycles. The van der Waals surface area contributed by atoms with Crippen LogP contribution in [0.5, 0.6) is 0 Å². The Morgan fingerprint density at radius 3 is 1.09 bits per heavy atom. The van der Waals surface area contributed by atoms with Gasteiger partial charge in [-0.15, -0.1) is 11.8 Å². The normalized spacial score (nSPS) is 16.2. The van der Waals surface area contributed by atoms with Crippen molar-refractivity contribution >= 4 is 91.7 Å². The fourth-order valence-corrected chi connectivity index (χ4v) is 12.1. The maximum atomic E-state index is 13.3. The van der Waals surface area contributed by atoms with Crippen LogP contribution in [0.25, 0.3) is 0 Å². The first-order chi connectivity index (χ1) is 52.5. The second kappa shape index (κ2) is 65.1. The van der Waals surface area contributed by atoms with E-state index in [0.717, 1.165) is 53.2 Å². The molecular weight excluding hydrogens is 1460 g/mol. The summed E-state index contributed by atoms with van der Waals surface area (Å²) in [7, 11) is -0.455. The minimum absolute atomic E-state index is 0.00694. The quantitative estimate of drug-likeness (QED) is 0.0250. The molecule has 3 rings (SSSR count). The number of carbonyl (C=O) groups excluding carboxylic acids is 12. The lowest BCUT2D eigenvalue weighted by Gasteiger charge is -2.20. The zero-order valence-electron chi connectivity index (χ0n) is 63.7. The van der Waals surface area contributed by atoms with Gasteiger partial charge in [0.15, 0.2) is 9.03 Å². The fourth-order valence-electron chi connectivity index (χ4n) is 10.7. The van der Waals surface area contributed by atoms with Gasteiger partial charge >= 0.3 is 0 Å². The number of rotatable bonds is 74. The molecule has 0 radical (unpaired) electrons. The summed E-state index contributed by atoms with van der Waals surface area (Å²) in [5, 5.41) is 16.2. The second-order valence-corrected chi connectivity index (χ2v) is 27.4. The van der Waals surface area contributed by atoms with Crippen LogP contribution < -0.4 is 31.9 Å². The highest BCUT2D eigenvalue weighted by molar-refractivity contribution is 8.00. The Hall–Kier alpha value is -5.54. The second-order valence-electron chi connectivity index (χ2n) is 25.6. The van der Waals surface area contributed by atoms with Gasteiger partial charge < -0.3 is 98.2 Å². The lowest BCUT2D eigenvalue weighted by molar-refractivity contribution is -0.141. The van der Waals surface area contributed by atoms with Crippen LogP contribution >= 0.6 is 20.8 Å². The molecule has 3 heterocycles. The van der Waals surface area contributed by atoms with Crippen molar-refractivity contribution in [2.24, 2.45) is 11.8 Å². The van der Waals surface area contributed by atoms with E-state index in [2.05, 4.69) is 31.9 Å². The van der Waals surface area contributed by atoms with Crippen molar-refractivity contribution in [2.75, 3.05) is 223 Å². The lowest BCUT2D eigenvalue weighted by atomic mass is 10.1. The third kappa shape index (κ3) is 49.0. The number of amides is 12. The van der Waals surface area contributed by atoms with Crippen molar-refractivity contribution in [3.8, 4) is 0 Å². The first kappa shape index (κ1) is 96.7. The zero-order chi connectivity index (χ0) is 78.3. The highest BCUT2D eigenvalue weighted by atomic mass is 32.2. The van der Waals surface area contributed by atoms with Gasteiger partial charge in [-0.1, -0.05) is 39.5 Å². The number of nitrogens with zero attached hydrogens (tertiary/aromatic N) is 3. The predicted molar refractivity (Wildman–Crippen MR) is 396 cm³/mol. The molecule has 3 aliphatic rings. The molecule has 620 valence electrons. The maximum Gasteiger partial charge on any atom is 0.242 e. The minimum atomic E-state index is -0.910. The summed E-state index contributed by atoms with van der Waals surface area (Å²) < 4.78 is 71.0. The van der Waals surface area contributed by atoms with Gasteiger partial charge in [-0.25, -0.2) is 0 Å². The number of ether oxygens (including phenoxy) is 12. The monoisotopic (exact) mass is 1580 g/mol. The first-order valence-electron chi connectivity index (χ1n) is 38.2. The molecule has 108 heavy (non-hydrogen) atoms. The summed E-state index contributed by atoms with van der Waals surface area (Å²) in [6, 6.07) is -0.910. The summed E-state index contributed by atoms with van der Waals surface area (Å²) in [6.07, 6.45) is 8.25. The first-order valence-corrected chi connectivity index (χ1v) is 40.1. The molecular formula is C71H124N9O26PS. The van der Waals surface area contributed by atoms with Gasteiger partial charge in [-0.2, -0.15) is 0 Å². The van der Waals surface area contributed by atoms with Gasteiger partial charge in [0.2, 0.25) is 70.9 Å². The van der Waals surface area contributed by atoms with Crippen LogP contribution in [0.15, 0.2) is 0 Å². The average Bonchev–Trinajstić information content (AvgIpc) is 1.64. The largest absolute Gasteiger partial charge is 0.379 e. The number of likely N-dealkylation sites (tertiary alicyclic amines) is 3. The van der Waals surface area contributed by atoms with Crippen LogP contribution in [-0.4, -0.2) is 325 Å². The number of hydrogen-bond donors (Lipinski definition) is 7. The zero-order valence-corrected chi connectivity index (χ0v) is 65.5. The Bertz CT molecular complexity index is 2560. The summed E-state index contributed by atoms with van der Waals surface area (Å²) >= 11 is 1.23. The highest BCUT2D eigenvalue weighted by Crippen LogP contribution is 2.26. The van der Waals surface area contributed by atoms with Crippen molar-refractivity contribution in [2.45, 2.75) is 147 Å². The van der Waals surface area contributed by atoms with Crippen molar-refractivity contribution < 1.29 is 124 Å². The van der Waals surface area contributed by atoms with E-state index >= 15 is 0 Å². The van der Waals surface area contributed by atoms with Crippen molar-refractivity contribution in [3.05, 3.63) is 0 Å². The molecule has 7 N–H and O–H groups in total. The van der Waals surface area contributed by atoms with Gasteiger partial charge in [-0.05, 0) is 44.9 Å². The summed E-state index contributed by atoms with van der Waals surface area (Å²) in [4.78, 5) is 162. The molecule has 37 heteroatoms. The smallest absolute Gasteiger partial charge is 0.242 e. The molecule has 12 amide bonds. The SMILES string of the molecule is CC1CC(=O)N(CCC(=O)NCCCC[C@@H](NC(=O)CCN2C(=O)CC(C)C2=O)C(=O)NCCCCCCNC(=O)CCSC2CC(=O)N(CCC(=O)NCCOCCOCCOCCOCCOCCOCCOCCOCCOCCOCCOCCOCCC(=O)NCCCCCCOPO)C2=O)C1=O. The standard InChI is InChI=1S/C71H124N9O26PS/c1-56-53-65(86)78(69(56)90)24-14-60(81)72-21-11-7-13-58(77-64(85)16-26-79-66(87)54-57(2)70(79)91)68(89)76-22-10-4-3-8-20-74-63(84)18-52-108-59-55-67(88)80(71(59)92)25-15-61(82)75-23-29-95-31-33-97-35-37-99-39-41-101-43-45-103-47-49-105-51-50-104-48-46-102-44-42-100-40-38-98-36-34-96-32-30-94-28-17-62(83)73-19-9-5-6-12-27-106-107-93/h56-59,93,107H,3-55H2,1-2H3,(H,72,81)(H,73,83)(H,74,84)(H,75,82)(H,76,89)(H,77,85)/t56?,57?,58-,59?/m1/s1. The summed E-state index contributed by atoms with van der Waals surface area (Å²) in [5.41, 5.74) is 0. The number of unbranched alkanes of at least 4 members (excludes halogenated alkanes) is 7. The number of imide groups is 3. The number of thioether (sulfide) groups is 1. The topological polar surface area (TPSA) is 427 Å². The van der Waals surface area contributed by atoms with Crippen LogP contribution in [0.2, 0.25) is 0 Å². The maximum absolute atomic E-state index is 13.3. The minimum Gasteiger partial charge on any atom is -0.379 e. The van der Waals surface area contributed by atoms with Gasteiger partial charge in [-0.3, -0.25) is 72.2 Å². The average molecular weight is 1580 g/mol. The van der Waals surface area contributed by atoms with Crippen LogP contribution in [0.1, 0.15) is 136 Å². The molecule has 3 saturated heterocycles. The number of carbonyl (C=O) groups is 12. The van der Waals surface area contributed by atoms with Gasteiger partial charge in [0.05, 0.1) is 170 Å². The molecule has 4 unspecified atom stereocenters. The van der Waals surface area contributed by atoms with Crippen molar-refractivity contribution in [3.63, 3.8) is 0 Å². The number of nitrogens with one attached hydrogen (secondary N) is 6. The van der Waals surface area contributed by atoms with Crippen LogP contribution in [0, 0.1) is 11.8 Å². The van der Waals surface area contributed by atoms with Crippen LogP contribution in [-0.2, 0) is 119 Å².